The van der Waals surface area contributed by atoms with Crippen molar-refractivity contribution in [3.8, 4) is 11.8 Å². The molecule has 2 atom stereocenters. The number of aliphatic hydroxyl groups is 2. The van der Waals surface area contributed by atoms with Crippen LogP contribution in [0.1, 0.15) is 47.2 Å². The summed E-state index contributed by atoms with van der Waals surface area (Å²) in [6, 6.07) is 14.8. The van der Waals surface area contributed by atoms with Gasteiger partial charge in [-0.05, 0) is 36.2 Å². The average Bonchev–Trinajstić information content (AvgIpc) is 3.15. The van der Waals surface area contributed by atoms with Gasteiger partial charge in [-0.2, -0.15) is 0 Å². The summed E-state index contributed by atoms with van der Waals surface area (Å²) in [4.78, 5) is 15.8. The molecule has 1 unspecified atom stereocenters. The number of nitrogens with one attached hydrogen (secondary N) is 2. The molecule has 0 spiro atoms. The number of para-hydroxylation sites is 1. The van der Waals surface area contributed by atoms with E-state index in [-0.39, 0.29) is 18.4 Å². The van der Waals surface area contributed by atoms with Crippen LogP contribution in [0.2, 0.25) is 0 Å². The molecular weight excluding hydrogens is 352 g/mol. The van der Waals surface area contributed by atoms with Crippen molar-refractivity contribution in [3.05, 3.63) is 71.4 Å². The summed E-state index contributed by atoms with van der Waals surface area (Å²) in [7, 11) is 0. The number of carbonyl (C=O) groups excluding carboxylic acids is 1. The zero-order valence-electron chi connectivity index (χ0n) is 15.8. The Morgan fingerprint density at radius 2 is 2.04 bits per heavy atom. The van der Waals surface area contributed by atoms with Crippen molar-refractivity contribution < 1.29 is 15.0 Å². The van der Waals surface area contributed by atoms with E-state index in [4.69, 9.17) is 5.11 Å². The number of rotatable bonds is 6. The number of aromatic nitrogens is 1. The van der Waals surface area contributed by atoms with Crippen molar-refractivity contribution in [1.29, 1.82) is 0 Å². The molecule has 5 nitrogen and oxygen atoms in total. The molecule has 4 N–H and O–H groups in total. The predicted octanol–water partition coefficient (Wildman–Crippen LogP) is 3.14. The highest BCUT2D eigenvalue weighted by Gasteiger charge is 2.21. The monoisotopic (exact) mass is 376 g/mol. The smallest absolute Gasteiger partial charge is 0.253 e. The Hall–Kier alpha value is -3.07. The van der Waals surface area contributed by atoms with E-state index in [1.54, 1.807) is 18.2 Å². The molecule has 28 heavy (non-hydrogen) atoms. The van der Waals surface area contributed by atoms with Crippen molar-refractivity contribution in [2.24, 2.45) is 0 Å². The van der Waals surface area contributed by atoms with Gasteiger partial charge in [-0.15, -0.1) is 0 Å². The average molecular weight is 376 g/mol. The highest BCUT2D eigenvalue weighted by atomic mass is 16.3. The van der Waals surface area contributed by atoms with Gasteiger partial charge in [0, 0.05) is 47.2 Å². The van der Waals surface area contributed by atoms with Crippen molar-refractivity contribution in [2.45, 2.75) is 31.9 Å². The van der Waals surface area contributed by atoms with Gasteiger partial charge in [0.1, 0.15) is 6.23 Å². The Balaban J connectivity index is 1.69. The van der Waals surface area contributed by atoms with Crippen LogP contribution in [0.5, 0.6) is 0 Å². The first-order valence-electron chi connectivity index (χ1n) is 9.35. The van der Waals surface area contributed by atoms with Gasteiger partial charge in [0.05, 0.1) is 0 Å². The van der Waals surface area contributed by atoms with Crippen LogP contribution >= 0.6 is 0 Å². The highest BCUT2D eigenvalue weighted by Crippen LogP contribution is 2.27. The molecule has 144 valence electrons. The molecule has 0 aliphatic rings. The molecular formula is C23H24N2O3. The zero-order chi connectivity index (χ0) is 19.9. The van der Waals surface area contributed by atoms with Gasteiger partial charge in [-0.25, -0.2) is 0 Å². The normalized spacial score (nSPS) is 12.8. The van der Waals surface area contributed by atoms with Crippen molar-refractivity contribution >= 4 is 16.8 Å². The van der Waals surface area contributed by atoms with Crippen molar-refractivity contribution in [1.82, 2.24) is 10.3 Å². The van der Waals surface area contributed by atoms with Gasteiger partial charge in [-0.1, -0.05) is 43.0 Å². The van der Waals surface area contributed by atoms with Gasteiger partial charge < -0.3 is 20.5 Å². The van der Waals surface area contributed by atoms with Gasteiger partial charge in [0.2, 0.25) is 0 Å². The number of fused-ring (bicyclic) bond motifs is 1. The van der Waals surface area contributed by atoms with Crippen LogP contribution in [0.25, 0.3) is 10.9 Å². The molecule has 0 saturated carbocycles. The van der Waals surface area contributed by atoms with Gasteiger partial charge in [0.25, 0.3) is 5.91 Å². The SMILES string of the molecule is C[C@H](c1c[nH]c2ccccc12)C(O)NC(=O)c1cccc(C#CCCCO)c1. The van der Waals surface area contributed by atoms with E-state index in [9.17, 15) is 9.90 Å². The van der Waals surface area contributed by atoms with Crippen molar-refractivity contribution in [2.75, 3.05) is 6.61 Å². The summed E-state index contributed by atoms with van der Waals surface area (Å²) in [6.45, 7) is 1.99. The second-order valence-electron chi connectivity index (χ2n) is 6.71. The summed E-state index contributed by atoms with van der Waals surface area (Å²) in [5, 5.41) is 23.0. The van der Waals surface area contributed by atoms with E-state index >= 15 is 0 Å². The van der Waals surface area contributed by atoms with Crippen LogP contribution in [-0.4, -0.2) is 33.9 Å². The Morgan fingerprint density at radius 3 is 2.86 bits per heavy atom. The Morgan fingerprint density at radius 1 is 1.21 bits per heavy atom. The van der Waals surface area contributed by atoms with E-state index in [2.05, 4.69) is 22.1 Å². The lowest BCUT2D eigenvalue weighted by molar-refractivity contribution is 0.0728. The summed E-state index contributed by atoms with van der Waals surface area (Å²) in [5.74, 6) is 5.33. The first-order chi connectivity index (χ1) is 13.6. The number of H-pyrrole nitrogens is 1. The molecule has 1 amide bonds. The fourth-order valence-electron chi connectivity index (χ4n) is 3.05. The highest BCUT2D eigenvalue weighted by molar-refractivity contribution is 5.94. The molecule has 1 aromatic heterocycles. The van der Waals surface area contributed by atoms with Crippen molar-refractivity contribution in [3.63, 3.8) is 0 Å². The Kier molecular flexibility index (Phi) is 6.49. The fraction of sp³-hybridized carbons (Fsp3) is 0.261. The molecule has 0 radical (unpaired) electrons. The molecule has 0 aliphatic carbocycles. The molecule has 0 aliphatic heterocycles. The van der Waals surface area contributed by atoms with Gasteiger partial charge in [-0.3, -0.25) is 4.79 Å². The fourth-order valence-corrected chi connectivity index (χ4v) is 3.05. The number of unbranched alkanes of at least 4 members (excludes halogenated alkanes) is 1. The summed E-state index contributed by atoms with van der Waals surface area (Å²) < 4.78 is 0. The lowest BCUT2D eigenvalue weighted by Crippen LogP contribution is -2.38. The Bertz CT molecular complexity index is 1010. The van der Waals surface area contributed by atoms with E-state index in [0.717, 1.165) is 22.0 Å². The van der Waals surface area contributed by atoms with Gasteiger partial charge in [0.15, 0.2) is 0 Å². The van der Waals surface area contributed by atoms with E-state index in [0.29, 0.717) is 18.4 Å². The summed E-state index contributed by atoms with van der Waals surface area (Å²) in [6.07, 6.45) is 2.08. The lowest BCUT2D eigenvalue weighted by atomic mass is 9.98. The molecule has 3 aromatic rings. The summed E-state index contributed by atoms with van der Waals surface area (Å²) in [5.41, 5.74) is 3.12. The third kappa shape index (κ3) is 4.61. The largest absolute Gasteiger partial charge is 0.396 e. The minimum absolute atomic E-state index is 0.115. The molecule has 2 aromatic carbocycles. The van der Waals surface area contributed by atoms with Crippen LogP contribution in [0, 0.1) is 11.8 Å². The first-order valence-corrected chi connectivity index (χ1v) is 9.35. The minimum atomic E-state index is -1.02. The van der Waals surface area contributed by atoms with Crippen LogP contribution in [0.3, 0.4) is 0 Å². The third-order valence-electron chi connectivity index (χ3n) is 4.68. The molecule has 5 heteroatoms. The summed E-state index contributed by atoms with van der Waals surface area (Å²) >= 11 is 0. The second-order valence-corrected chi connectivity index (χ2v) is 6.71. The molecule has 0 bridgehead atoms. The maximum absolute atomic E-state index is 12.6. The van der Waals surface area contributed by atoms with Crippen LogP contribution in [0.15, 0.2) is 54.7 Å². The van der Waals surface area contributed by atoms with E-state index < -0.39 is 6.23 Å². The third-order valence-corrected chi connectivity index (χ3v) is 4.68. The number of hydrogen-bond acceptors (Lipinski definition) is 3. The first kappa shape index (κ1) is 19.7. The van der Waals surface area contributed by atoms with Crippen LogP contribution in [-0.2, 0) is 0 Å². The minimum Gasteiger partial charge on any atom is -0.396 e. The standard InChI is InChI=1S/C23H24N2O3/c1-16(20-15-24-21-12-5-4-11-19(20)21)22(27)25-23(28)18-10-7-9-17(14-18)8-3-2-6-13-26/h4-5,7,9-12,14-16,22,24,26-27H,2,6,13H2,1H3,(H,25,28)/t16-,22?/m1/s1. The topological polar surface area (TPSA) is 85.4 Å². The number of aliphatic hydroxyl groups excluding tert-OH is 2. The van der Waals surface area contributed by atoms with Gasteiger partial charge >= 0.3 is 0 Å². The Labute approximate surface area is 164 Å². The molecule has 0 saturated heterocycles. The molecule has 1 heterocycles. The number of hydrogen-bond donors (Lipinski definition) is 4. The van der Waals surface area contributed by atoms with Crippen LogP contribution in [0.4, 0.5) is 0 Å². The second kappa shape index (κ2) is 9.23. The molecule has 0 fully saturated rings. The van der Waals surface area contributed by atoms with E-state index in [1.165, 1.54) is 0 Å². The maximum Gasteiger partial charge on any atom is 0.253 e. The quantitative estimate of drug-likeness (QED) is 0.303. The molecule has 3 rings (SSSR count). The number of benzene rings is 2. The zero-order valence-corrected chi connectivity index (χ0v) is 15.8. The lowest BCUT2D eigenvalue weighted by Gasteiger charge is -2.20. The number of amides is 1. The van der Waals surface area contributed by atoms with Crippen LogP contribution < -0.4 is 5.32 Å². The maximum atomic E-state index is 12.6. The predicted molar refractivity (Wildman–Crippen MR) is 110 cm³/mol. The van der Waals surface area contributed by atoms with E-state index in [1.807, 2.05) is 43.5 Å². The number of carbonyl (C=O) groups is 1. The number of aromatic amines is 1.